The monoisotopic (exact) mass is 312 g/mol. The van der Waals surface area contributed by atoms with Crippen molar-refractivity contribution in [2.24, 2.45) is 0 Å². The SMILES string of the molecule is CCSCCN1C(=O)C2(CCCC2)NC(=O)C1(CC)CC. The van der Waals surface area contributed by atoms with Crippen molar-refractivity contribution >= 4 is 23.6 Å². The second-order valence-corrected chi connectivity index (χ2v) is 7.53. The maximum absolute atomic E-state index is 13.1. The van der Waals surface area contributed by atoms with E-state index in [1.165, 1.54) is 0 Å². The number of hydrogen-bond acceptors (Lipinski definition) is 3. The van der Waals surface area contributed by atoms with Crippen molar-refractivity contribution in [2.75, 3.05) is 18.1 Å². The molecule has 2 amide bonds. The predicted molar refractivity (Wildman–Crippen MR) is 87.4 cm³/mol. The lowest BCUT2D eigenvalue weighted by molar-refractivity contribution is -0.163. The highest BCUT2D eigenvalue weighted by Gasteiger charge is 2.57. The number of nitrogens with one attached hydrogen (secondary N) is 1. The molecule has 1 aliphatic heterocycles. The van der Waals surface area contributed by atoms with Crippen LogP contribution in [0.5, 0.6) is 0 Å². The third-order valence-electron chi connectivity index (χ3n) is 5.24. The largest absolute Gasteiger partial charge is 0.340 e. The van der Waals surface area contributed by atoms with Gasteiger partial charge >= 0.3 is 0 Å². The number of thioether (sulfide) groups is 1. The second kappa shape index (κ2) is 6.59. The Kier molecular flexibility index (Phi) is 5.23. The van der Waals surface area contributed by atoms with Crippen LogP contribution in [0.3, 0.4) is 0 Å². The minimum absolute atomic E-state index is 0.0653. The molecule has 0 radical (unpaired) electrons. The molecule has 1 aliphatic carbocycles. The van der Waals surface area contributed by atoms with Gasteiger partial charge in [0, 0.05) is 12.3 Å². The summed E-state index contributed by atoms with van der Waals surface area (Å²) in [6.45, 7) is 6.85. The zero-order valence-electron chi connectivity index (χ0n) is 13.5. The topological polar surface area (TPSA) is 49.4 Å². The second-order valence-electron chi connectivity index (χ2n) is 6.14. The Bertz CT molecular complexity index is 401. The summed E-state index contributed by atoms with van der Waals surface area (Å²) < 4.78 is 0. The lowest BCUT2D eigenvalue weighted by Crippen LogP contribution is -2.75. The quantitative estimate of drug-likeness (QED) is 0.767. The van der Waals surface area contributed by atoms with Gasteiger partial charge in [0.15, 0.2) is 0 Å². The minimum atomic E-state index is -0.640. The lowest BCUT2D eigenvalue weighted by Gasteiger charge is -2.51. The van der Waals surface area contributed by atoms with Gasteiger partial charge in [-0.1, -0.05) is 33.6 Å². The number of carbonyl (C=O) groups excluding carboxylic acids is 2. The zero-order chi connectivity index (χ0) is 15.5. The Morgan fingerprint density at radius 2 is 1.76 bits per heavy atom. The van der Waals surface area contributed by atoms with E-state index in [0.717, 1.165) is 37.2 Å². The molecule has 0 atom stereocenters. The van der Waals surface area contributed by atoms with Crippen LogP contribution < -0.4 is 5.32 Å². The molecule has 4 nitrogen and oxygen atoms in total. The molecular formula is C16H28N2O2S. The molecule has 1 N–H and O–H groups in total. The molecule has 1 spiro atoms. The van der Waals surface area contributed by atoms with Crippen LogP contribution in [-0.4, -0.2) is 45.8 Å². The zero-order valence-corrected chi connectivity index (χ0v) is 14.4. The van der Waals surface area contributed by atoms with Gasteiger partial charge in [-0.2, -0.15) is 11.8 Å². The molecule has 0 bridgehead atoms. The summed E-state index contributed by atoms with van der Waals surface area (Å²) in [5, 5.41) is 3.12. The predicted octanol–water partition coefficient (Wildman–Crippen LogP) is 2.57. The highest BCUT2D eigenvalue weighted by atomic mass is 32.2. The summed E-state index contributed by atoms with van der Waals surface area (Å²) in [5.41, 5.74) is -1.24. The Labute approximate surface area is 132 Å². The van der Waals surface area contributed by atoms with Crippen molar-refractivity contribution in [1.29, 1.82) is 0 Å². The Morgan fingerprint density at radius 3 is 2.29 bits per heavy atom. The van der Waals surface area contributed by atoms with Crippen molar-refractivity contribution in [3.05, 3.63) is 0 Å². The first-order valence-electron chi connectivity index (χ1n) is 8.28. The summed E-state index contributed by atoms with van der Waals surface area (Å²) in [5.74, 6) is 2.19. The lowest BCUT2D eigenvalue weighted by atomic mass is 9.81. The number of piperazine rings is 1. The minimum Gasteiger partial charge on any atom is -0.340 e. The van der Waals surface area contributed by atoms with E-state index in [1.54, 1.807) is 0 Å². The first kappa shape index (κ1) is 16.7. The molecule has 2 fully saturated rings. The fourth-order valence-electron chi connectivity index (χ4n) is 3.85. The standard InChI is InChI=1S/C16H28N2O2S/c1-4-16(5-2)13(19)17-15(9-7-8-10-15)14(20)18(16)11-12-21-6-3/h4-12H2,1-3H3,(H,17,19). The Morgan fingerprint density at radius 1 is 1.14 bits per heavy atom. The number of hydrogen-bond donors (Lipinski definition) is 1. The highest BCUT2D eigenvalue weighted by Crippen LogP contribution is 2.39. The van der Waals surface area contributed by atoms with Crippen molar-refractivity contribution < 1.29 is 9.59 Å². The fraction of sp³-hybridized carbons (Fsp3) is 0.875. The van der Waals surface area contributed by atoms with Crippen LogP contribution in [0.15, 0.2) is 0 Å². The normalized spacial score (nSPS) is 23.7. The summed E-state index contributed by atoms with van der Waals surface area (Å²) >= 11 is 1.83. The van der Waals surface area contributed by atoms with Crippen molar-refractivity contribution in [3.8, 4) is 0 Å². The van der Waals surface area contributed by atoms with Gasteiger partial charge in [-0.15, -0.1) is 0 Å². The third kappa shape index (κ3) is 2.69. The van der Waals surface area contributed by atoms with Gasteiger partial charge in [-0.05, 0) is 31.4 Å². The maximum Gasteiger partial charge on any atom is 0.249 e. The van der Waals surface area contributed by atoms with Crippen molar-refractivity contribution in [3.63, 3.8) is 0 Å². The van der Waals surface area contributed by atoms with E-state index in [-0.39, 0.29) is 11.8 Å². The van der Waals surface area contributed by atoms with Gasteiger partial charge in [0.1, 0.15) is 11.1 Å². The molecule has 120 valence electrons. The summed E-state index contributed by atoms with van der Waals surface area (Å²) in [6, 6.07) is 0. The molecular weight excluding hydrogens is 284 g/mol. The van der Waals surface area contributed by atoms with E-state index < -0.39 is 11.1 Å². The summed E-state index contributed by atoms with van der Waals surface area (Å²) in [6.07, 6.45) is 5.06. The maximum atomic E-state index is 13.1. The number of nitrogens with zero attached hydrogens (tertiary/aromatic N) is 1. The average molecular weight is 312 g/mol. The molecule has 2 rings (SSSR count). The molecule has 21 heavy (non-hydrogen) atoms. The van der Waals surface area contributed by atoms with Gasteiger partial charge in [0.25, 0.3) is 0 Å². The first-order valence-corrected chi connectivity index (χ1v) is 9.44. The molecule has 1 saturated carbocycles. The average Bonchev–Trinajstić information content (AvgIpc) is 2.95. The molecule has 0 aromatic carbocycles. The van der Waals surface area contributed by atoms with Gasteiger partial charge in [0.05, 0.1) is 0 Å². The molecule has 2 aliphatic rings. The number of rotatable bonds is 6. The van der Waals surface area contributed by atoms with Gasteiger partial charge < -0.3 is 10.2 Å². The van der Waals surface area contributed by atoms with Crippen LogP contribution in [0, 0.1) is 0 Å². The highest BCUT2D eigenvalue weighted by molar-refractivity contribution is 7.99. The third-order valence-corrected chi connectivity index (χ3v) is 6.12. The Hall–Kier alpha value is -0.710. The molecule has 1 saturated heterocycles. The van der Waals surface area contributed by atoms with Crippen LogP contribution in [0.2, 0.25) is 0 Å². The van der Waals surface area contributed by atoms with E-state index >= 15 is 0 Å². The van der Waals surface area contributed by atoms with E-state index in [9.17, 15) is 9.59 Å². The molecule has 0 aromatic rings. The molecule has 0 unspecified atom stereocenters. The summed E-state index contributed by atoms with van der Waals surface area (Å²) in [7, 11) is 0. The molecule has 0 aromatic heterocycles. The van der Waals surface area contributed by atoms with Crippen LogP contribution in [0.4, 0.5) is 0 Å². The van der Waals surface area contributed by atoms with E-state index in [2.05, 4.69) is 12.2 Å². The fourth-order valence-corrected chi connectivity index (χ4v) is 4.45. The number of carbonyl (C=O) groups is 2. The van der Waals surface area contributed by atoms with Crippen LogP contribution in [0.1, 0.15) is 59.3 Å². The van der Waals surface area contributed by atoms with Crippen LogP contribution in [-0.2, 0) is 9.59 Å². The van der Waals surface area contributed by atoms with E-state index in [1.807, 2.05) is 30.5 Å². The molecule has 5 heteroatoms. The number of amides is 2. The van der Waals surface area contributed by atoms with Crippen LogP contribution in [0.25, 0.3) is 0 Å². The van der Waals surface area contributed by atoms with Gasteiger partial charge in [-0.3, -0.25) is 9.59 Å². The molecule has 1 heterocycles. The van der Waals surface area contributed by atoms with E-state index in [4.69, 9.17) is 0 Å². The van der Waals surface area contributed by atoms with Crippen molar-refractivity contribution in [2.45, 2.75) is 70.4 Å². The summed E-state index contributed by atoms with van der Waals surface area (Å²) in [4.78, 5) is 27.9. The smallest absolute Gasteiger partial charge is 0.249 e. The first-order chi connectivity index (χ1) is 10.1. The Balaban J connectivity index is 2.29. The van der Waals surface area contributed by atoms with Gasteiger partial charge in [0.2, 0.25) is 11.8 Å². The van der Waals surface area contributed by atoms with Crippen molar-refractivity contribution in [1.82, 2.24) is 10.2 Å². The van der Waals surface area contributed by atoms with Gasteiger partial charge in [-0.25, -0.2) is 0 Å². The van der Waals surface area contributed by atoms with E-state index in [0.29, 0.717) is 19.4 Å². The van der Waals surface area contributed by atoms with Crippen LogP contribution >= 0.6 is 11.8 Å².